The van der Waals surface area contributed by atoms with Crippen LogP contribution in [0.1, 0.15) is 18.9 Å². The Bertz CT molecular complexity index is 270. The number of pyridine rings is 1. The van der Waals surface area contributed by atoms with Crippen molar-refractivity contribution in [2.75, 3.05) is 23.3 Å². The highest BCUT2D eigenvalue weighted by molar-refractivity contribution is 9.09. The number of aromatic nitrogens is 1. The predicted molar refractivity (Wildman–Crippen MR) is 65.3 cm³/mol. The molecule has 1 aromatic rings. The van der Waals surface area contributed by atoms with E-state index < -0.39 is 0 Å². The molecule has 0 saturated heterocycles. The first-order valence-electron chi connectivity index (χ1n) is 5.01. The van der Waals surface area contributed by atoms with Gasteiger partial charge in [-0.1, -0.05) is 22.9 Å². The summed E-state index contributed by atoms with van der Waals surface area (Å²) in [6, 6.07) is 2.09. The van der Waals surface area contributed by atoms with Crippen LogP contribution in [0.5, 0.6) is 0 Å². The van der Waals surface area contributed by atoms with Gasteiger partial charge in [0.05, 0.1) is 0 Å². The van der Waals surface area contributed by atoms with Gasteiger partial charge >= 0.3 is 0 Å². The van der Waals surface area contributed by atoms with E-state index in [-0.39, 0.29) is 0 Å². The molecule has 0 saturated carbocycles. The third kappa shape index (κ3) is 2.98. The molecule has 0 amide bonds. The van der Waals surface area contributed by atoms with Crippen LogP contribution in [0.2, 0.25) is 0 Å². The van der Waals surface area contributed by atoms with Crippen molar-refractivity contribution < 1.29 is 0 Å². The van der Waals surface area contributed by atoms with Gasteiger partial charge in [0, 0.05) is 36.5 Å². The van der Waals surface area contributed by atoms with Crippen molar-refractivity contribution in [1.29, 1.82) is 0 Å². The fraction of sp³-hybridized carbons (Fsp3) is 0.545. The summed E-state index contributed by atoms with van der Waals surface area (Å²) in [6.07, 6.45) is 4.96. The van der Waals surface area contributed by atoms with Gasteiger partial charge in [-0.15, -0.1) is 0 Å². The van der Waals surface area contributed by atoms with Gasteiger partial charge in [0.15, 0.2) is 0 Å². The lowest BCUT2D eigenvalue weighted by atomic mass is 10.2. The van der Waals surface area contributed by atoms with Crippen LogP contribution >= 0.6 is 15.9 Å². The molecule has 0 fully saturated rings. The fourth-order valence-electron chi connectivity index (χ4n) is 1.55. The molecule has 0 N–H and O–H groups in total. The molecule has 1 heterocycles. The van der Waals surface area contributed by atoms with Crippen LogP contribution in [-0.2, 0) is 0 Å². The van der Waals surface area contributed by atoms with Gasteiger partial charge in [-0.05, 0) is 25.0 Å². The number of rotatable bonds is 5. The molecule has 1 aromatic heterocycles. The van der Waals surface area contributed by atoms with E-state index in [0.29, 0.717) is 0 Å². The molecule has 0 atom stereocenters. The number of anilines is 1. The molecular weight excluding hydrogens is 240 g/mol. The molecule has 14 heavy (non-hydrogen) atoms. The first kappa shape index (κ1) is 11.5. The van der Waals surface area contributed by atoms with Crippen LogP contribution in [0.15, 0.2) is 18.5 Å². The number of hydrogen-bond donors (Lipinski definition) is 0. The lowest BCUT2D eigenvalue weighted by molar-refractivity contribution is 0.793. The van der Waals surface area contributed by atoms with Crippen molar-refractivity contribution >= 4 is 21.6 Å². The van der Waals surface area contributed by atoms with E-state index in [4.69, 9.17) is 0 Å². The van der Waals surface area contributed by atoms with Crippen LogP contribution < -0.4 is 4.90 Å². The van der Waals surface area contributed by atoms with E-state index in [1.165, 1.54) is 17.7 Å². The number of hydrogen-bond acceptors (Lipinski definition) is 2. The molecule has 2 nitrogen and oxygen atoms in total. The van der Waals surface area contributed by atoms with Gasteiger partial charge < -0.3 is 4.90 Å². The fourth-order valence-corrected chi connectivity index (χ4v) is 1.97. The minimum absolute atomic E-state index is 1.01. The average molecular weight is 257 g/mol. The zero-order valence-corrected chi connectivity index (χ0v) is 10.4. The number of aryl methyl sites for hydroxylation is 1. The second-order valence-corrected chi connectivity index (χ2v) is 4.13. The minimum Gasteiger partial charge on any atom is -0.370 e. The lowest BCUT2D eigenvalue weighted by Gasteiger charge is -2.24. The monoisotopic (exact) mass is 256 g/mol. The summed E-state index contributed by atoms with van der Waals surface area (Å²) in [5, 5.41) is 1.01. The van der Waals surface area contributed by atoms with E-state index in [0.717, 1.165) is 18.4 Å². The molecule has 0 unspecified atom stereocenters. The molecular formula is C11H17BrN2. The van der Waals surface area contributed by atoms with Crippen LogP contribution in [0, 0.1) is 6.92 Å². The van der Waals surface area contributed by atoms with Gasteiger partial charge in [-0.2, -0.15) is 0 Å². The first-order chi connectivity index (χ1) is 6.79. The second-order valence-electron chi connectivity index (χ2n) is 3.34. The molecule has 0 aliphatic heterocycles. The first-order valence-corrected chi connectivity index (χ1v) is 6.13. The number of nitrogens with zero attached hydrogens (tertiary/aromatic N) is 2. The Balaban J connectivity index is 2.81. The van der Waals surface area contributed by atoms with Crippen LogP contribution in [-0.4, -0.2) is 23.4 Å². The van der Waals surface area contributed by atoms with Crippen molar-refractivity contribution in [1.82, 2.24) is 4.98 Å². The minimum atomic E-state index is 1.01. The van der Waals surface area contributed by atoms with Gasteiger partial charge in [-0.25, -0.2) is 0 Å². The van der Waals surface area contributed by atoms with E-state index in [9.17, 15) is 0 Å². The average Bonchev–Trinajstić information content (AvgIpc) is 2.18. The van der Waals surface area contributed by atoms with E-state index in [1.54, 1.807) is 0 Å². The van der Waals surface area contributed by atoms with Crippen molar-refractivity contribution in [3.8, 4) is 0 Å². The van der Waals surface area contributed by atoms with Gasteiger partial charge in [0.2, 0.25) is 0 Å². The van der Waals surface area contributed by atoms with Gasteiger partial charge in [-0.3, -0.25) is 4.98 Å². The smallest absolute Gasteiger partial charge is 0.0427 e. The maximum Gasteiger partial charge on any atom is 0.0427 e. The molecule has 78 valence electrons. The predicted octanol–water partition coefficient (Wildman–Crippen LogP) is 3.00. The maximum absolute atomic E-state index is 4.11. The molecule has 3 heteroatoms. The van der Waals surface area contributed by atoms with E-state index in [1.807, 2.05) is 12.4 Å². The van der Waals surface area contributed by atoms with Crippen LogP contribution in [0.4, 0.5) is 5.69 Å². The summed E-state index contributed by atoms with van der Waals surface area (Å²) in [5.74, 6) is 0. The summed E-state index contributed by atoms with van der Waals surface area (Å²) in [4.78, 5) is 6.50. The normalized spacial score (nSPS) is 10.2. The zero-order chi connectivity index (χ0) is 10.4. The van der Waals surface area contributed by atoms with Crippen molar-refractivity contribution in [3.05, 3.63) is 24.0 Å². The van der Waals surface area contributed by atoms with Crippen LogP contribution in [0.3, 0.4) is 0 Å². The second kappa shape index (κ2) is 6.02. The highest BCUT2D eigenvalue weighted by Crippen LogP contribution is 2.18. The van der Waals surface area contributed by atoms with Gasteiger partial charge in [0.1, 0.15) is 0 Å². The standard InChI is InChI=1S/C11H17BrN2/c1-3-7-14(8-5-12)11-4-6-13-9-10(11)2/h4,6,9H,3,5,7-8H2,1-2H3. The Kier molecular flexibility index (Phi) is 4.94. The summed E-state index contributed by atoms with van der Waals surface area (Å²) in [6.45, 7) is 6.48. The number of halogens is 1. The zero-order valence-electron chi connectivity index (χ0n) is 8.83. The Morgan fingerprint density at radius 3 is 2.79 bits per heavy atom. The van der Waals surface area contributed by atoms with Crippen molar-refractivity contribution in [3.63, 3.8) is 0 Å². The summed E-state index contributed by atoms with van der Waals surface area (Å²) in [5.41, 5.74) is 2.56. The number of alkyl halides is 1. The Morgan fingerprint density at radius 2 is 2.21 bits per heavy atom. The molecule has 1 rings (SSSR count). The van der Waals surface area contributed by atoms with Gasteiger partial charge in [0.25, 0.3) is 0 Å². The van der Waals surface area contributed by atoms with Crippen molar-refractivity contribution in [2.24, 2.45) is 0 Å². The Hall–Kier alpha value is -0.570. The third-order valence-corrected chi connectivity index (χ3v) is 2.53. The largest absolute Gasteiger partial charge is 0.370 e. The highest BCUT2D eigenvalue weighted by atomic mass is 79.9. The molecule has 0 aromatic carbocycles. The van der Waals surface area contributed by atoms with Crippen molar-refractivity contribution in [2.45, 2.75) is 20.3 Å². The summed E-state index contributed by atoms with van der Waals surface area (Å²) < 4.78 is 0. The molecule has 0 aliphatic rings. The quantitative estimate of drug-likeness (QED) is 0.754. The Labute approximate surface area is 94.5 Å². The molecule has 0 radical (unpaired) electrons. The molecule has 0 bridgehead atoms. The van der Waals surface area contributed by atoms with E-state index >= 15 is 0 Å². The van der Waals surface area contributed by atoms with E-state index in [2.05, 4.69) is 45.7 Å². The summed E-state index contributed by atoms with van der Waals surface area (Å²) in [7, 11) is 0. The van der Waals surface area contributed by atoms with Crippen LogP contribution in [0.25, 0.3) is 0 Å². The Morgan fingerprint density at radius 1 is 1.43 bits per heavy atom. The SMILES string of the molecule is CCCN(CCBr)c1ccncc1C. The third-order valence-electron chi connectivity index (χ3n) is 2.18. The summed E-state index contributed by atoms with van der Waals surface area (Å²) >= 11 is 3.48. The topological polar surface area (TPSA) is 16.1 Å². The molecule has 0 spiro atoms. The molecule has 0 aliphatic carbocycles. The maximum atomic E-state index is 4.11. The highest BCUT2D eigenvalue weighted by Gasteiger charge is 2.06. The lowest BCUT2D eigenvalue weighted by Crippen LogP contribution is -2.26.